The zero-order chi connectivity index (χ0) is 4.12. The number of rotatable bonds is 2. The lowest BCUT2D eigenvalue weighted by molar-refractivity contribution is 1.02. The lowest BCUT2D eigenvalue weighted by Crippen LogP contribution is -1.67. The second-order valence-corrected chi connectivity index (χ2v) is 0.760. The van der Waals surface area contributed by atoms with Gasteiger partial charge in [-0.25, -0.2) is 0 Å². The molecule has 0 aromatic heterocycles. The number of nitrogens with zero attached hydrogens (tertiary/aromatic N) is 1. The van der Waals surface area contributed by atoms with Gasteiger partial charge in [-0.2, -0.15) is 0 Å². The largest absolute Gasteiger partial charge is 0.292 e. The van der Waals surface area contributed by atoms with Gasteiger partial charge >= 0.3 is 0 Å². The van der Waals surface area contributed by atoms with Gasteiger partial charge in [0.15, 0.2) is 0 Å². The maximum atomic E-state index is 4.72. The minimum atomic E-state index is 0.681. The van der Waals surface area contributed by atoms with Gasteiger partial charge in [0.1, 0.15) is 0 Å². The number of hydrogen-bond donors (Lipinski definition) is 0. The van der Waals surface area contributed by atoms with Crippen molar-refractivity contribution in [1.29, 1.82) is 0 Å². The molecule has 28 valence electrons. The molecule has 5 heavy (non-hydrogen) atoms. The van der Waals surface area contributed by atoms with Gasteiger partial charge in [-0.05, 0) is 6.42 Å². The molecule has 0 N–H and O–H groups in total. The lowest BCUT2D eigenvalue weighted by Gasteiger charge is -1.73. The van der Waals surface area contributed by atoms with E-state index in [9.17, 15) is 0 Å². The fourth-order valence-electron chi connectivity index (χ4n) is 0.0913. The van der Waals surface area contributed by atoms with Crippen molar-refractivity contribution in [2.75, 3.05) is 6.54 Å². The molecule has 1 heteroatoms. The summed E-state index contributed by atoms with van der Waals surface area (Å²) >= 11 is 0. The summed E-state index contributed by atoms with van der Waals surface area (Å²) in [4.78, 5) is 3.29. The van der Waals surface area contributed by atoms with Crippen LogP contribution in [0.3, 0.4) is 0 Å². The summed E-state index contributed by atoms with van der Waals surface area (Å²) in [5, 5.41) is 0. The first-order valence-corrected chi connectivity index (χ1v) is 1.57. The van der Waals surface area contributed by atoms with E-state index in [0.717, 1.165) is 6.42 Å². The van der Waals surface area contributed by atoms with Crippen molar-refractivity contribution in [3.63, 3.8) is 0 Å². The molecule has 0 bridgehead atoms. The standard InChI is InChI=1S/C4H7N/c1-3-4-5-2/h2H,1,3-4H2. The molecule has 0 atom stereocenters. The summed E-state index contributed by atoms with van der Waals surface area (Å²) in [5.41, 5.74) is 0. The molecule has 2 radical (unpaired) electrons. The summed E-state index contributed by atoms with van der Waals surface area (Å²) < 4.78 is 0. The molecule has 0 rings (SSSR count). The van der Waals surface area contributed by atoms with Gasteiger partial charge in [-0.15, -0.1) is 0 Å². The first-order valence-electron chi connectivity index (χ1n) is 1.57. The van der Waals surface area contributed by atoms with E-state index >= 15 is 0 Å². The van der Waals surface area contributed by atoms with Gasteiger partial charge in [-0.1, -0.05) is 6.92 Å². The molecule has 0 aliphatic heterocycles. The third-order valence-electron chi connectivity index (χ3n) is 0.287. The molecule has 0 saturated heterocycles. The van der Waals surface area contributed by atoms with E-state index in [2.05, 4.69) is 11.9 Å². The van der Waals surface area contributed by atoms with Crippen LogP contribution < -0.4 is 0 Å². The van der Waals surface area contributed by atoms with Crippen molar-refractivity contribution in [1.82, 2.24) is 0 Å². The van der Waals surface area contributed by atoms with Crippen molar-refractivity contribution in [3.05, 3.63) is 6.92 Å². The van der Waals surface area contributed by atoms with Crippen LogP contribution in [0.15, 0.2) is 4.99 Å². The van der Waals surface area contributed by atoms with Gasteiger partial charge in [0.25, 0.3) is 0 Å². The average Bonchev–Trinajstić information content (AvgIpc) is 1.41. The van der Waals surface area contributed by atoms with Gasteiger partial charge in [0.2, 0.25) is 0 Å². The SMILES string of the molecule is [CH]=NCC[CH2]. The highest BCUT2D eigenvalue weighted by molar-refractivity contribution is 5.22. The summed E-state index contributed by atoms with van der Waals surface area (Å²) in [7, 11) is 0. The fourth-order valence-corrected chi connectivity index (χ4v) is 0.0913. The van der Waals surface area contributed by atoms with Crippen LogP contribution >= 0.6 is 0 Å². The maximum Gasteiger partial charge on any atom is 0.0390 e. The summed E-state index contributed by atoms with van der Waals surface area (Å²) in [6, 6.07) is 0. The molecule has 0 amide bonds. The fraction of sp³-hybridized carbons (Fsp3) is 0.500. The predicted octanol–water partition coefficient (Wildman–Crippen LogP) is 0.788. The first kappa shape index (κ1) is 4.67. The Balaban J connectivity index is 2.40. The highest BCUT2D eigenvalue weighted by Gasteiger charge is 1.62. The first-order chi connectivity index (χ1) is 2.41. The Morgan fingerprint density at radius 1 is 1.80 bits per heavy atom. The molecule has 1 nitrogen and oxygen atoms in total. The molecule has 0 saturated carbocycles. The van der Waals surface area contributed by atoms with Crippen LogP contribution in [0.4, 0.5) is 0 Å². The second kappa shape index (κ2) is 3.67. The van der Waals surface area contributed by atoms with E-state index in [1.807, 2.05) is 0 Å². The smallest absolute Gasteiger partial charge is 0.0390 e. The Bertz CT molecular complexity index is 24.8. The van der Waals surface area contributed by atoms with Crippen molar-refractivity contribution < 1.29 is 0 Å². The van der Waals surface area contributed by atoms with E-state index in [1.54, 1.807) is 0 Å². The quantitative estimate of drug-likeness (QED) is 0.425. The Morgan fingerprint density at radius 3 is 2.40 bits per heavy atom. The minimum Gasteiger partial charge on any atom is -0.292 e. The molecule has 0 aromatic rings. The molecule has 0 aliphatic carbocycles. The third kappa shape index (κ3) is 3.67. The van der Waals surface area contributed by atoms with Gasteiger partial charge in [0, 0.05) is 13.3 Å². The summed E-state index contributed by atoms with van der Waals surface area (Å²) in [5.74, 6) is 0. The summed E-state index contributed by atoms with van der Waals surface area (Å²) in [6.07, 6.45) is 0.802. The second-order valence-electron chi connectivity index (χ2n) is 0.760. The molecule has 0 aromatic carbocycles. The number of aliphatic imine (C=N–C) groups is 1. The van der Waals surface area contributed by atoms with Gasteiger partial charge in [-0.3, -0.25) is 4.99 Å². The van der Waals surface area contributed by atoms with Crippen molar-refractivity contribution in [2.45, 2.75) is 6.42 Å². The molecule has 0 unspecified atom stereocenters. The zero-order valence-corrected chi connectivity index (χ0v) is 3.15. The van der Waals surface area contributed by atoms with E-state index in [0.29, 0.717) is 6.54 Å². The molecule has 0 fully saturated rings. The molecule has 0 heterocycles. The zero-order valence-electron chi connectivity index (χ0n) is 3.15. The molecule has 0 spiro atoms. The van der Waals surface area contributed by atoms with Gasteiger partial charge in [0.05, 0.1) is 0 Å². The predicted molar refractivity (Wildman–Crippen MR) is 23.3 cm³/mol. The molecule has 0 aliphatic rings. The lowest BCUT2D eigenvalue weighted by atomic mass is 10.5. The van der Waals surface area contributed by atoms with Crippen LogP contribution in [0, 0.1) is 6.92 Å². The van der Waals surface area contributed by atoms with Crippen LogP contribution in [-0.4, -0.2) is 13.3 Å². The highest BCUT2D eigenvalue weighted by Crippen LogP contribution is 1.69. The Kier molecular flexibility index (Phi) is 3.43. The molecular weight excluding hydrogens is 62.1 g/mol. The highest BCUT2D eigenvalue weighted by atomic mass is 14.7. The van der Waals surface area contributed by atoms with Crippen LogP contribution in [0.5, 0.6) is 0 Å². The summed E-state index contributed by atoms with van der Waals surface area (Å²) in [6.45, 7) is 8.91. The van der Waals surface area contributed by atoms with E-state index in [4.69, 9.17) is 6.72 Å². The Labute approximate surface area is 32.7 Å². The monoisotopic (exact) mass is 69.1 g/mol. The van der Waals surface area contributed by atoms with Crippen LogP contribution in [0.1, 0.15) is 6.42 Å². The minimum absolute atomic E-state index is 0.681. The van der Waals surface area contributed by atoms with Crippen LogP contribution in [0.25, 0.3) is 0 Å². The molecular formula is C4H7N. The Morgan fingerprint density at radius 2 is 2.40 bits per heavy atom. The van der Waals surface area contributed by atoms with E-state index in [-0.39, 0.29) is 0 Å². The van der Waals surface area contributed by atoms with E-state index in [1.165, 1.54) is 0 Å². The maximum absolute atomic E-state index is 4.72. The van der Waals surface area contributed by atoms with Crippen molar-refractivity contribution in [3.8, 4) is 0 Å². The topological polar surface area (TPSA) is 12.4 Å². The van der Waals surface area contributed by atoms with E-state index < -0.39 is 0 Å². The van der Waals surface area contributed by atoms with Crippen LogP contribution in [0.2, 0.25) is 0 Å². The van der Waals surface area contributed by atoms with Gasteiger partial charge < -0.3 is 0 Å². The normalized spacial score (nSPS) is 7.40. The van der Waals surface area contributed by atoms with Crippen molar-refractivity contribution >= 4 is 6.72 Å². The van der Waals surface area contributed by atoms with Crippen molar-refractivity contribution in [2.24, 2.45) is 4.99 Å². The average molecular weight is 69.1 g/mol. The Hall–Kier alpha value is -0.330. The third-order valence-corrected chi connectivity index (χ3v) is 0.287. The van der Waals surface area contributed by atoms with Crippen LogP contribution in [-0.2, 0) is 0 Å². The number of hydrogen-bond acceptors (Lipinski definition) is 1.